The molecular weight excluding hydrogens is 230 g/mol. The maximum absolute atomic E-state index is 11.5. The van der Waals surface area contributed by atoms with Crippen LogP contribution in [-0.2, 0) is 13.0 Å². The summed E-state index contributed by atoms with van der Waals surface area (Å²) >= 11 is 0. The summed E-state index contributed by atoms with van der Waals surface area (Å²) < 4.78 is 5.28. The predicted molar refractivity (Wildman–Crippen MR) is 70.7 cm³/mol. The molecule has 2 aromatic rings. The summed E-state index contributed by atoms with van der Waals surface area (Å²) in [5, 5.41) is 5.43. The fourth-order valence-electron chi connectivity index (χ4n) is 2.04. The summed E-state index contributed by atoms with van der Waals surface area (Å²) in [5.74, 6) is 0.855. The first-order valence-corrected chi connectivity index (χ1v) is 5.88. The zero-order valence-corrected chi connectivity index (χ0v) is 10.5. The average molecular weight is 247 g/mol. The van der Waals surface area contributed by atoms with Crippen LogP contribution in [0.5, 0.6) is 5.75 Å². The number of hydrogen-bond acceptors (Lipinski definition) is 3. The molecule has 0 amide bonds. The Morgan fingerprint density at radius 2 is 2.11 bits per heavy atom. The monoisotopic (exact) mass is 247 g/mol. The number of ether oxygens (including phenoxy) is 1. The Bertz CT molecular complexity index is 599. The zero-order chi connectivity index (χ0) is 13.1. The Balaban J connectivity index is 2.54. The Hall–Kier alpha value is -2.01. The van der Waals surface area contributed by atoms with Crippen molar-refractivity contribution in [2.24, 2.45) is 5.73 Å². The number of H-pyrrole nitrogens is 2. The first-order chi connectivity index (χ1) is 8.71. The maximum atomic E-state index is 11.5. The van der Waals surface area contributed by atoms with Crippen LogP contribution in [0.3, 0.4) is 0 Å². The number of aromatic amines is 2. The molecule has 0 fully saturated rings. The summed E-state index contributed by atoms with van der Waals surface area (Å²) in [6.45, 7) is 2.27. The Morgan fingerprint density at radius 1 is 1.33 bits per heavy atom. The molecule has 96 valence electrons. The number of nitrogens with one attached hydrogen (secondary N) is 2. The van der Waals surface area contributed by atoms with E-state index in [1.165, 1.54) is 0 Å². The molecule has 0 spiro atoms. The normalized spacial score (nSPS) is 10.6. The van der Waals surface area contributed by atoms with E-state index in [4.69, 9.17) is 10.5 Å². The average Bonchev–Trinajstić information content (AvgIpc) is 2.78. The molecule has 0 aliphatic heterocycles. The molecule has 1 aromatic heterocycles. The van der Waals surface area contributed by atoms with Crippen LogP contribution in [0.25, 0.3) is 11.3 Å². The minimum absolute atomic E-state index is 0.165. The van der Waals surface area contributed by atoms with E-state index in [0.717, 1.165) is 29.0 Å². The fraction of sp³-hybridized carbons (Fsp3) is 0.308. The van der Waals surface area contributed by atoms with Crippen molar-refractivity contribution in [3.63, 3.8) is 0 Å². The van der Waals surface area contributed by atoms with Crippen LogP contribution in [0, 0.1) is 0 Å². The van der Waals surface area contributed by atoms with Crippen LogP contribution in [-0.4, -0.2) is 17.3 Å². The molecule has 0 aliphatic rings. The smallest absolute Gasteiger partial charge is 0.269 e. The summed E-state index contributed by atoms with van der Waals surface area (Å²) in [7, 11) is 1.65. The van der Waals surface area contributed by atoms with Crippen molar-refractivity contribution in [1.82, 2.24) is 10.2 Å². The van der Waals surface area contributed by atoms with Crippen LogP contribution in [0.4, 0.5) is 0 Å². The van der Waals surface area contributed by atoms with E-state index in [0.29, 0.717) is 5.56 Å². The summed E-state index contributed by atoms with van der Waals surface area (Å²) in [5.41, 5.74) is 8.78. The van der Waals surface area contributed by atoms with Crippen molar-refractivity contribution in [3.05, 3.63) is 39.7 Å². The van der Waals surface area contributed by atoms with Gasteiger partial charge in [-0.2, -0.15) is 0 Å². The minimum Gasteiger partial charge on any atom is -0.496 e. The highest BCUT2D eigenvalue weighted by atomic mass is 16.5. The van der Waals surface area contributed by atoms with E-state index in [9.17, 15) is 4.79 Å². The number of aryl methyl sites for hydroxylation is 1. The van der Waals surface area contributed by atoms with Gasteiger partial charge in [-0.15, -0.1) is 0 Å². The van der Waals surface area contributed by atoms with E-state index in [1.54, 1.807) is 7.11 Å². The summed E-state index contributed by atoms with van der Waals surface area (Å²) in [6.07, 6.45) is 0.865. The second-order valence-electron chi connectivity index (χ2n) is 4.02. The number of rotatable bonds is 4. The second-order valence-corrected chi connectivity index (χ2v) is 4.02. The first kappa shape index (κ1) is 12.4. The Labute approximate surface area is 105 Å². The molecule has 5 heteroatoms. The standard InChI is InChI=1S/C13H17N3O2/c1-3-8-6-9(4-5-11(8)18-2)12-10(7-14)13(17)16-15-12/h4-6H,3,7,14H2,1-2H3,(H2,15,16,17). The molecular formula is C13H17N3O2. The quantitative estimate of drug-likeness (QED) is 0.763. The van der Waals surface area contributed by atoms with Crippen molar-refractivity contribution in [1.29, 1.82) is 0 Å². The van der Waals surface area contributed by atoms with Crippen molar-refractivity contribution in [3.8, 4) is 17.0 Å². The maximum Gasteiger partial charge on any atom is 0.269 e. The van der Waals surface area contributed by atoms with Gasteiger partial charge in [0.1, 0.15) is 5.75 Å². The molecule has 0 atom stereocenters. The van der Waals surface area contributed by atoms with Crippen LogP contribution in [0.15, 0.2) is 23.0 Å². The highest BCUT2D eigenvalue weighted by Gasteiger charge is 2.12. The van der Waals surface area contributed by atoms with Gasteiger partial charge < -0.3 is 10.5 Å². The first-order valence-electron chi connectivity index (χ1n) is 5.88. The third-order valence-corrected chi connectivity index (χ3v) is 3.03. The Kier molecular flexibility index (Phi) is 3.53. The lowest BCUT2D eigenvalue weighted by Crippen LogP contribution is -2.10. The molecule has 18 heavy (non-hydrogen) atoms. The topological polar surface area (TPSA) is 83.9 Å². The van der Waals surface area contributed by atoms with Crippen LogP contribution < -0.4 is 16.0 Å². The third kappa shape index (κ3) is 2.04. The van der Waals surface area contributed by atoms with Gasteiger partial charge in [0.05, 0.1) is 18.4 Å². The molecule has 1 heterocycles. The van der Waals surface area contributed by atoms with Gasteiger partial charge in [-0.1, -0.05) is 6.92 Å². The predicted octanol–water partition coefficient (Wildman–Crippen LogP) is 1.40. The lowest BCUT2D eigenvalue weighted by atomic mass is 10.0. The molecule has 5 nitrogen and oxygen atoms in total. The van der Waals surface area contributed by atoms with Crippen LogP contribution in [0.2, 0.25) is 0 Å². The highest BCUT2D eigenvalue weighted by molar-refractivity contribution is 5.65. The number of nitrogens with two attached hydrogens (primary N) is 1. The van der Waals surface area contributed by atoms with Gasteiger partial charge in [0.25, 0.3) is 5.56 Å². The second kappa shape index (κ2) is 5.10. The lowest BCUT2D eigenvalue weighted by molar-refractivity contribution is 0.410. The van der Waals surface area contributed by atoms with Gasteiger partial charge in [-0.3, -0.25) is 15.0 Å². The molecule has 0 saturated heterocycles. The highest BCUT2D eigenvalue weighted by Crippen LogP contribution is 2.26. The molecule has 0 bridgehead atoms. The summed E-state index contributed by atoms with van der Waals surface area (Å²) in [4.78, 5) is 11.5. The van der Waals surface area contributed by atoms with Gasteiger partial charge in [0.2, 0.25) is 0 Å². The van der Waals surface area contributed by atoms with Crippen molar-refractivity contribution in [2.75, 3.05) is 7.11 Å². The molecule has 4 N–H and O–H groups in total. The van der Waals surface area contributed by atoms with Gasteiger partial charge in [-0.25, -0.2) is 0 Å². The number of aromatic nitrogens is 2. The largest absolute Gasteiger partial charge is 0.496 e. The van der Waals surface area contributed by atoms with Crippen molar-refractivity contribution in [2.45, 2.75) is 19.9 Å². The number of hydrogen-bond donors (Lipinski definition) is 3. The van der Waals surface area contributed by atoms with Gasteiger partial charge in [0.15, 0.2) is 0 Å². The summed E-state index contributed by atoms with van der Waals surface area (Å²) in [6, 6.07) is 5.83. The lowest BCUT2D eigenvalue weighted by Gasteiger charge is -2.09. The van der Waals surface area contributed by atoms with E-state index in [-0.39, 0.29) is 12.1 Å². The van der Waals surface area contributed by atoms with Gasteiger partial charge in [-0.05, 0) is 30.2 Å². The van der Waals surface area contributed by atoms with Gasteiger partial charge >= 0.3 is 0 Å². The van der Waals surface area contributed by atoms with Crippen LogP contribution >= 0.6 is 0 Å². The molecule has 0 unspecified atom stereocenters. The third-order valence-electron chi connectivity index (χ3n) is 3.03. The van der Waals surface area contributed by atoms with E-state index in [2.05, 4.69) is 17.1 Å². The van der Waals surface area contributed by atoms with Gasteiger partial charge in [0, 0.05) is 12.1 Å². The fourth-order valence-corrected chi connectivity index (χ4v) is 2.04. The van der Waals surface area contributed by atoms with E-state index in [1.807, 2.05) is 18.2 Å². The SMILES string of the molecule is CCc1cc(-c2[nH][nH]c(=O)c2CN)ccc1OC. The molecule has 0 aliphatic carbocycles. The van der Waals surface area contributed by atoms with Crippen molar-refractivity contribution < 1.29 is 4.74 Å². The van der Waals surface area contributed by atoms with E-state index >= 15 is 0 Å². The zero-order valence-electron chi connectivity index (χ0n) is 10.5. The Morgan fingerprint density at radius 3 is 2.72 bits per heavy atom. The molecule has 0 radical (unpaired) electrons. The molecule has 2 rings (SSSR count). The number of methoxy groups -OCH3 is 1. The van der Waals surface area contributed by atoms with Crippen molar-refractivity contribution >= 4 is 0 Å². The van der Waals surface area contributed by atoms with Crippen LogP contribution in [0.1, 0.15) is 18.1 Å². The molecule has 0 saturated carbocycles. The molecule has 1 aromatic carbocycles. The number of benzene rings is 1. The minimum atomic E-state index is -0.165. The van der Waals surface area contributed by atoms with E-state index < -0.39 is 0 Å².